The molecule has 0 aromatic heterocycles. The third-order valence-electron chi connectivity index (χ3n) is 4.60. The average molecular weight is 298 g/mol. The first-order valence-electron chi connectivity index (χ1n) is 8.24. The molecule has 0 bridgehead atoms. The topological polar surface area (TPSA) is 32.3 Å². The zero-order chi connectivity index (χ0) is 14.4. The van der Waals surface area contributed by atoms with Crippen molar-refractivity contribution in [3.63, 3.8) is 0 Å². The van der Waals surface area contributed by atoms with E-state index >= 15 is 0 Å². The fourth-order valence-electron chi connectivity index (χ4n) is 3.27. The van der Waals surface area contributed by atoms with Crippen LogP contribution < -0.4 is 5.32 Å². The fourth-order valence-corrected chi connectivity index (χ4v) is 4.48. The highest BCUT2D eigenvalue weighted by atomic mass is 32.2. The van der Waals surface area contributed by atoms with Gasteiger partial charge in [-0.2, -0.15) is 11.8 Å². The number of hydrogen-bond donors (Lipinski definition) is 1. The number of carbonyl (C=O) groups is 1. The monoisotopic (exact) mass is 298 g/mol. The summed E-state index contributed by atoms with van der Waals surface area (Å²) in [6.45, 7) is 7.49. The molecule has 0 aromatic rings. The predicted octanol–water partition coefficient (Wildman–Crippen LogP) is 2.76. The molecule has 2 rings (SSSR count). The standard InChI is InChI=1S/C16H30N2OS/c1-13(2)18(12-15-4-3-7-17-11-15)16(19)10-14-5-8-20-9-6-14/h13-15,17H,3-12H2,1-2H3. The number of amides is 1. The number of carbonyl (C=O) groups excluding carboxylic acids is 1. The quantitative estimate of drug-likeness (QED) is 0.847. The lowest BCUT2D eigenvalue weighted by Gasteiger charge is -2.34. The number of nitrogens with zero attached hydrogens (tertiary/aromatic N) is 1. The summed E-state index contributed by atoms with van der Waals surface area (Å²) in [6.07, 6.45) is 5.76. The molecule has 4 heteroatoms. The van der Waals surface area contributed by atoms with Crippen LogP contribution >= 0.6 is 11.8 Å². The first kappa shape index (κ1) is 16.2. The number of hydrogen-bond acceptors (Lipinski definition) is 3. The molecule has 2 heterocycles. The van der Waals surface area contributed by atoms with Crippen LogP contribution in [0.3, 0.4) is 0 Å². The second-order valence-corrected chi connectivity index (χ2v) is 7.84. The molecule has 0 saturated carbocycles. The average Bonchev–Trinajstić information content (AvgIpc) is 2.46. The van der Waals surface area contributed by atoms with Crippen molar-refractivity contribution in [2.75, 3.05) is 31.1 Å². The van der Waals surface area contributed by atoms with Crippen molar-refractivity contribution >= 4 is 17.7 Å². The molecule has 1 amide bonds. The maximum atomic E-state index is 12.6. The van der Waals surface area contributed by atoms with Gasteiger partial charge in [0.1, 0.15) is 0 Å². The van der Waals surface area contributed by atoms with Crippen LogP contribution in [-0.4, -0.2) is 48.0 Å². The van der Waals surface area contributed by atoms with Crippen molar-refractivity contribution in [3.05, 3.63) is 0 Å². The van der Waals surface area contributed by atoms with Crippen LogP contribution in [0.15, 0.2) is 0 Å². The van der Waals surface area contributed by atoms with Crippen molar-refractivity contribution < 1.29 is 4.79 Å². The van der Waals surface area contributed by atoms with E-state index in [9.17, 15) is 4.79 Å². The summed E-state index contributed by atoms with van der Waals surface area (Å²) < 4.78 is 0. The van der Waals surface area contributed by atoms with Gasteiger partial charge >= 0.3 is 0 Å². The molecule has 116 valence electrons. The Bertz CT molecular complexity index is 297. The second kappa shape index (κ2) is 8.28. The summed E-state index contributed by atoms with van der Waals surface area (Å²) in [7, 11) is 0. The van der Waals surface area contributed by atoms with Gasteiger partial charge in [0.15, 0.2) is 0 Å². The van der Waals surface area contributed by atoms with Crippen LogP contribution in [0.25, 0.3) is 0 Å². The van der Waals surface area contributed by atoms with Gasteiger partial charge in [-0.1, -0.05) is 0 Å². The van der Waals surface area contributed by atoms with Crippen LogP contribution in [0.4, 0.5) is 0 Å². The maximum Gasteiger partial charge on any atom is 0.223 e. The number of piperidine rings is 1. The summed E-state index contributed by atoms with van der Waals surface area (Å²) in [4.78, 5) is 14.8. The van der Waals surface area contributed by atoms with E-state index in [1.165, 1.54) is 37.2 Å². The highest BCUT2D eigenvalue weighted by molar-refractivity contribution is 7.99. The third kappa shape index (κ3) is 4.96. The molecule has 2 saturated heterocycles. The molecule has 1 atom stereocenters. The SMILES string of the molecule is CC(C)N(CC1CCCNC1)C(=O)CC1CCSCC1. The minimum atomic E-state index is 0.336. The molecule has 0 aromatic carbocycles. The molecule has 0 radical (unpaired) electrons. The van der Waals surface area contributed by atoms with Crippen LogP contribution in [0, 0.1) is 11.8 Å². The second-order valence-electron chi connectivity index (χ2n) is 6.61. The Kier molecular flexibility index (Phi) is 6.69. The first-order valence-corrected chi connectivity index (χ1v) is 9.40. The maximum absolute atomic E-state index is 12.6. The summed E-state index contributed by atoms with van der Waals surface area (Å²) in [6, 6.07) is 0.336. The van der Waals surface area contributed by atoms with Crippen LogP contribution in [-0.2, 0) is 4.79 Å². The zero-order valence-corrected chi connectivity index (χ0v) is 13.9. The van der Waals surface area contributed by atoms with E-state index < -0.39 is 0 Å². The van der Waals surface area contributed by atoms with Gasteiger partial charge in [0.05, 0.1) is 0 Å². The van der Waals surface area contributed by atoms with Crippen molar-refractivity contribution in [3.8, 4) is 0 Å². The normalized spacial score (nSPS) is 24.9. The molecule has 20 heavy (non-hydrogen) atoms. The number of nitrogens with one attached hydrogen (secondary N) is 1. The van der Waals surface area contributed by atoms with E-state index in [4.69, 9.17) is 0 Å². The van der Waals surface area contributed by atoms with Crippen molar-refractivity contribution in [2.24, 2.45) is 11.8 Å². The van der Waals surface area contributed by atoms with E-state index in [0.29, 0.717) is 23.8 Å². The van der Waals surface area contributed by atoms with Gasteiger partial charge in [-0.25, -0.2) is 0 Å². The van der Waals surface area contributed by atoms with E-state index in [0.717, 1.165) is 26.1 Å². The van der Waals surface area contributed by atoms with Crippen molar-refractivity contribution in [1.82, 2.24) is 10.2 Å². The highest BCUT2D eigenvalue weighted by Gasteiger charge is 2.25. The Hall–Kier alpha value is -0.220. The van der Waals surface area contributed by atoms with Crippen molar-refractivity contribution in [1.29, 1.82) is 0 Å². The minimum Gasteiger partial charge on any atom is -0.340 e. The Balaban J connectivity index is 1.84. The molecule has 2 aliphatic rings. The molecule has 3 nitrogen and oxygen atoms in total. The highest BCUT2D eigenvalue weighted by Crippen LogP contribution is 2.26. The molecule has 1 unspecified atom stereocenters. The predicted molar refractivity (Wildman–Crippen MR) is 87.1 cm³/mol. The van der Waals surface area contributed by atoms with E-state index in [1.807, 2.05) is 11.8 Å². The Labute approximate surface area is 128 Å². The van der Waals surface area contributed by atoms with E-state index in [1.54, 1.807) is 0 Å². The van der Waals surface area contributed by atoms with Crippen LogP contribution in [0.5, 0.6) is 0 Å². The molecular formula is C16H30N2OS. The van der Waals surface area contributed by atoms with Crippen LogP contribution in [0.2, 0.25) is 0 Å². The van der Waals surface area contributed by atoms with E-state index in [2.05, 4.69) is 24.1 Å². The summed E-state index contributed by atoms with van der Waals surface area (Å²) in [5.74, 6) is 4.16. The van der Waals surface area contributed by atoms with Gasteiger partial charge in [-0.15, -0.1) is 0 Å². The molecule has 1 N–H and O–H groups in total. The lowest BCUT2D eigenvalue weighted by Crippen LogP contribution is -2.44. The molecule has 2 aliphatic heterocycles. The largest absolute Gasteiger partial charge is 0.340 e. The molecule has 0 aliphatic carbocycles. The Morgan fingerprint density at radius 1 is 1.25 bits per heavy atom. The first-order chi connectivity index (χ1) is 9.66. The van der Waals surface area contributed by atoms with Crippen LogP contribution in [0.1, 0.15) is 46.0 Å². The molecule has 0 spiro atoms. The summed E-state index contributed by atoms with van der Waals surface area (Å²) >= 11 is 2.04. The smallest absolute Gasteiger partial charge is 0.223 e. The van der Waals surface area contributed by atoms with E-state index in [-0.39, 0.29) is 0 Å². The molecular weight excluding hydrogens is 268 g/mol. The van der Waals surface area contributed by atoms with Gasteiger partial charge in [0.2, 0.25) is 5.91 Å². The zero-order valence-electron chi connectivity index (χ0n) is 13.1. The van der Waals surface area contributed by atoms with Gasteiger partial charge in [0.25, 0.3) is 0 Å². The number of rotatable bonds is 5. The summed E-state index contributed by atoms with van der Waals surface area (Å²) in [5, 5.41) is 3.46. The van der Waals surface area contributed by atoms with Gasteiger partial charge in [0, 0.05) is 19.0 Å². The lowest BCUT2D eigenvalue weighted by molar-refractivity contribution is -0.134. The molecule has 2 fully saturated rings. The Morgan fingerprint density at radius 2 is 2.00 bits per heavy atom. The minimum absolute atomic E-state index is 0.336. The fraction of sp³-hybridized carbons (Fsp3) is 0.938. The van der Waals surface area contributed by atoms with Gasteiger partial charge in [-0.3, -0.25) is 4.79 Å². The van der Waals surface area contributed by atoms with Gasteiger partial charge < -0.3 is 10.2 Å². The number of thioether (sulfide) groups is 1. The Morgan fingerprint density at radius 3 is 2.60 bits per heavy atom. The third-order valence-corrected chi connectivity index (χ3v) is 5.65. The summed E-state index contributed by atoms with van der Waals surface area (Å²) in [5.41, 5.74) is 0. The van der Waals surface area contributed by atoms with Gasteiger partial charge in [-0.05, 0) is 76.0 Å². The lowest BCUT2D eigenvalue weighted by atomic mass is 9.95. The van der Waals surface area contributed by atoms with Crippen molar-refractivity contribution in [2.45, 2.75) is 52.0 Å².